The Morgan fingerprint density at radius 2 is 2.14 bits per heavy atom. The maximum absolute atomic E-state index is 13.8. The van der Waals surface area contributed by atoms with E-state index in [0.29, 0.717) is 5.75 Å². The highest BCUT2D eigenvalue weighted by molar-refractivity contribution is 7.99. The van der Waals surface area contributed by atoms with Crippen molar-refractivity contribution in [2.75, 3.05) is 12.9 Å². The number of thioether (sulfide) groups is 1. The van der Waals surface area contributed by atoms with Gasteiger partial charge in [0, 0.05) is 11.8 Å². The van der Waals surface area contributed by atoms with Gasteiger partial charge in [0.15, 0.2) is 11.6 Å². The second-order valence-corrected chi connectivity index (χ2v) is 5.99. The highest BCUT2D eigenvalue weighted by Gasteiger charge is 2.45. The molecule has 0 radical (unpaired) electrons. The van der Waals surface area contributed by atoms with Crippen LogP contribution in [0.25, 0.3) is 0 Å². The molecule has 1 aliphatic rings. The first-order chi connectivity index (χ1) is 9.88. The van der Waals surface area contributed by atoms with Crippen LogP contribution in [0.15, 0.2) is 17.0 Å². The van der Waals surface area contributed by atoms with E-state index < -0.39 is 22.2 Å². The Balaban J connectivity index is 2.15. The zero-order chi connectivity index (χ0) is 15.6. The van der Waals surface area contributed by atoms with Gasteiger partial charge in [-0.05, 0) is 24.3 Å². The lowest BCUT2D eigenvalue weighted by atomic mass is 10.1. The number of halogens is 2. The number of carbonyl (C=O) groups is 1. The maximum atomic E-state index is 13.8. The molecule has 0 N–H and O–H groups in total. The van der Waals surface area contributed by atoms with E-state index in [4.69, 9.17) is 0 Å². The number of rotatable bonds is 6. The molecule has 0 bridgehead atoms. The van der Waals surface area contributed by atoms with E-state index in [1.165, 1.54) is 7.11 Å². The normalized spacial score (nSPS) is 15.6. The fraction of sp³-hybridized carbons (Fsp3) is 0.462. The van der Waals surface area contributed by atoms with Gasteiger partial charge in [-0.15, -0.1) is 11.8 Å². The first-order valence-electron chi connectivity index (χ1n) is 6.20. The van der Waals surface area contributed by atoms with Crippen molar-refractivity contribution in [2.45, 2.75) is 24.2 Å². The summed E-state index contributed by atoms with van der Waals surface area (Å²) in [6.45, 7) is 0. The molecule has 0 amide bonds. The van der Waals surface area contributed by atoms with Crippen LogP contribution in [0, 0.1) is 27.2 Å². The van der Waals surface area contributed by atoms with Crippen LogP contribution in [0.1, 0.15) is 19.3 Å². The minimum absolute atomic E-state index is 0.182. The van der Waals surface area contributed by atoms with E-state index in [-0.39, 0.29) is 22.7 Å². The molecule has 2 rings (SSSR count). The Labute approximate surface area is 123 Å². The molecule has 0 aliphatic heterocycles. The quantitative estimate of drug-likeness (QED) is 0.348. The summed E-state index contributed by atoms with van der Waals surface area (Å²) in [7, 11) is 1.28. The van der Waals surface area contributed by atoms with E-state index in [1.54, 1.807) is 0 Å². The van der Waals surface area contributed by atoms with Crippen LogP contribution in [0.5, 0.6) is 0 Å². The molecule has 114 valence electrons. The SMILES string of the molecule is COC(=O)CC1(CSc2c([N+](=O)[O-])ccc(F)c2F)CC1. The zero-order valence-electron chi connectivity index (χ0n) is 11.2. The molecule has 1 aromatic rings. The molecule has 21 heavy (non-hydrogen) atoms. The Kier molecular flexibility index (Phi) is 4.46. The molecule has 0 spiro atoms. The lowest BCUT2D eigenvalue weighted by Gasteiger charge is -2.13. The summed E-state index contributed by atoms with van der Waals surface area (Å²) in [6, 6.07) is 1.68. The summed E-state index contributed by atoms with van der Waals surface area (Å²) in [6.07, 6.45) is 1.71. The Hall–Kier alpha value is -1.70. The van der Waals surface area contributed by atoms with Crippen LogP contribution in [0.3, 0.4) is 0 Å². The lowest BCUT2D eigenvalue weighted by Crippen LogP contribution is -2.13. The smallest absolute Gasteiger partial charge is 0.306 e. The van der Waals surface area contributed by atoms with Crippen molar-refractivity contribution in [2.24, 2.45) is 5.41 Å². The van der Waals surface area contributed by atoms with Crippen LogP contribution < -0.4 is 0 Å². The lowest BCUT2D eigenvalue weighted by molar-refractivity contribution is -0.388. The van der Waals surface area contributed by atoms with Gasteiger partial charge in [-0.1, -0.05) is 0 Å². The van der Waals surface area contributed by atoms with Gasteiger partial charge < -0.3 is 4.74 Å². The van der Waals surface area contributed by atoms with Gasteiger partial charge in [0.2, 0.25) is 0 Å². The third kappa shape index (κ3) is 3.49. The molecule has 1 saturated carbocycles. The summed E-state index contributed by atoms with van der Waals surface area (Å²) in [5.74, 6) is -2.41. The molecular weight excluding hydrogens is 304 g/mol. The van der Waals surface area contributed by atoms with Gasteiger partial charge in [0.25, 0.3) is 5.69 Å². The van der Waals surface area contributed by atoms with Crippen molar-refractivity contribution in [3.05, 3.63) is 33.9 Å². The number of nitro groups is 1. The predicted octanol–water partition coefficient (Wildman–Crippen LogP) is 3.31. The first-order valence-corrected chi connectivity index (χ1v) is 7.19. The van der Waals surface area contributed by atoms with Gasteiger partial charge >= 0.3 is 5.97 Å². The average molecular weight is 317 g/mol. The summed E-state index contributed by atoms with van der Waals surface area (Å²) >= 11 is 0.874. The minimum atomic E-state index is -1.22. The molecule has 0 aromatic heterocycles. The fourth-order valence-corrected chi connectivity index (χ4v) is 3.31. The van der Waals surface area contributed by atoms with Gasteiger partial charge in [-0.3, -0.25) is 14.9 Å². The van der Waals surface area contributed by atoms with E-state index >= 15 is 0 Å². The standard InChI is InChI=1S/C13H13F2NO4S/c1-20-10(17)6-13(4-5-13)7-21-12-9(16(18)19)3-2-8(14)11(12)15/h2-3H,4-7H2,1H3. The van der Waals surface area contributed by atoms with Gasteiger partial charge in [0.05, 0.1) is 18.5 Å². The van der Waals surface area contributed by atoms with E-state index in [0.717, 1.165) is 36.7 Å². The van der Waals surface area contributed by atoms with Crippen molar-refractivity contribution in [3.8, 4) is 0 Å². The molecule has 0 unspecified atom stereocenters. The summed E-state index contributed by atoms with van der Waals surface area (Å²) < 4.78 is 31.6. The van der Waals surface area contributed by atoms with Crippen LogP contribution in [-0.2, 0) is 9.53 Å². The Morgan fingerprint density at radius 3 is 2.67 bits per heavy atom. The summed E-state index contributed by atoms with van der Waals surface area (Å²) in [4.78, 5) is 21.1. The number of nitrogens with zero attached hydrogens (tertiary/aromatic N) is 1. The Morgan fingerprint density at radius 1 is 1.48 bits per heavy atom. The molecule has 0 atom stereocenters. The second kappa shape index (κ2) is 5.97. The Bertz CT molecular complexity index is 590. The van der Waals surface area contributed by atoms with E-state index in [9.17, 15) is 23.7 Å². The van der Waals surface area contributed by atoms with Crippen LogP contribution >= 0.6 is 11.8 Å². The van der Waals surface area contributed by atoms with Crippen molar-refractivity contribution in [1.82, 2.24) is 0 Å². The molecule has 5 nitrogen and oxygen atoms in total. The van der Waals surface area contributed by atoms with Crippen LogP contribution in [0.2, 0.25) is 0 Å². The highest BCUT2D eigenvalue weighted by atomic mass is 32.2. The average Bonchev–Trinajstić information content (AvgIpc) is 3.19. The number of hydrogen-bond donors (Lipinski definition) is 0. The predicted molar refractivity (Wildman–Crippen MR) is 72.0 cm³/mol. The molecule has 8 heteroatoms. The largest absolute Gasteiger partial charge is 0.469 e. The fourth-order valence-electron chi connectivity index (χ4n) is 1.96. The highest BCUT2D eigenvalue weighted by Crippen LogP contribution is 2.53. The van der Waals surface area contributed by atoms with Crippen molar-refractivity contribution >= 4 is 23.4 Å². The number of carbonyl (C=O) groups excluding carboxylic acids is 1. The molecular formula is C13H13F2NO4S. The molecule has 1 aliphatic carbocycles. The molecule has 0 heterocycles. The number of ether oxygens (including phenoxy) is 1. The van der Waals surface area contributed by atoms with Crippen molar-refractivity contribution < 1.29 is 23.2 Å². The first kappa shape index (κ1) is 15.7. The van der Waals surface area contributed by atoms with Gasteiger partial charge in [-0.2, -0.15) is 0 Å². The maximum Gasteiger partial charge on any atom is 0.306 e. The van der Waals surface area contributed by atoms with Crippen LogP contribution in [-0.4, -0.2) is 23.8 Å². The van der Waals surface area contributed by atoms with Crippen LogP contribution in [0.4, 0.5) is 14.5 Å². The van der Waals surface area contributed by atoms with E-state index in [2.05, 4.69) is 4.74 Å². The molecule has 1 fully saturated rings. The summed E-state index contributed by atoms with van der Waals surface area (Å²) in [5, 5.41) is 10.9. The number of nitro benzene ring substituents is 1. The number of benzene rings is 1. The zero-order valence-corrected chi connectivity index (χ0v) is 12.0. The minimum Gasteiger partial charge on any atom is -0.469 e. The van der Waals surface area contributed by atoms with Crippen molar-refractivity contribution in [1.29, 1.82) is 0 Å². The second-order valence-electron chi connectivity index (χ2n) is 5.01. The number of methoxy groups -OCH3 is 1. The molecule has 0 saturated heterocycles. The molecule has 1 aromatic carbocycles. The van der Waals surface area contributed by atoms with Gasteiger partial charge in [0.1, 0.15) is 4.90 Å². The third-order valence-corrected chi connectivity index (χ3v) is 4.89. The topological polar surface area (TPSA) is 69.4 Å². The van der Waals surface area contributed by atoms with E-state index in [1.807, 2.05) is 0 Å². The number of hydrogen-bond acceptors (Lipinski definition) is 5. The monoisotopic (exact) mass is 317 g/mol. The summed E-state index contributed by atoms with van der Waals surface area (Å²) in [5.41, 5.74) is -0.794. The number of esters is 1. The van der Waals surface area contributed by atoms with Gasteiger partial charge in [-0.25, -0.2) is 8.78 Å². The van der Waals surface area contributed by atoms with Crippen molar-refractivity contribution in [3.63, 3.8) is 0 Å². The third-order valence-electron chi connectivity index (χ3n) is 3.45.